The number of halogens is 2. The Balaban J connectivity index is 1.51. The zero-order valence-electron chi connectivity index (χ0n) is 23.2. The average Bonchev–Trinajstić information content (AvgIpc) is 3.20. The molecule has 0 N–H and O–H groups in total. The Morgan fingerprint density at radius 1 is 0.950 bits per heavy atom. The molecule has 1 fully saturated rings. The van der Waals surface area contributed by atoms with Crippen molar-refractivity contribution in [3.63, 3.8) is 0 Å². The molecule has 0 spiro atoms. The molecule has 0 aliphatic carbocycles. The summed E-state index contributed by atoms with van der Waals surface area (Å²) in [6.45, 7) is 5.43. The smallest absolute Gasteiger partial charge is 0.233 e. The number of rotatable bonds is 9. The highest BCUT2D eigenvalue weighted by Crippen LogP contribution is 2.35. The Morgan fingerprint density at radius 3 is 2.27 bits per heavy atom. The van der Waals surface area contributed by atoms with E-state index in [9.17, 15) is 13.2 Å². The molecule has 214 valence electrons. The average molecular weight is 604 g/mol. The van der Waals surface area contributed by atoms with E-state index in [0.29, 0.717) is 49.2 Å². The number of carbonyl (C=O) groups is 1. The van der Waals surface area contributed by atoms with Gasteiger partial charge in [-0.1, -0.05) is 53.5 Å². The molecule has 1 aliphatic heterocycles. The zero-order chi connectivity index (χ0) is 28.9. The Bertz CT molecular complexity index is 1420. The lowest BCUT2D eigenvalue weighted by Gasteiger charge is -2.35. The van der Waals surface area contributed by atoms with Crippen molar-refractivity contribution >= 4 is 39.1 Å². The Morgan fingerprint density at radius 2 is 1.62 bits per heavy atom. The Hall–Kier alpha value is -2.49. The van der Waals surface area contributed by atoms with Crippen molar-refractivity contribution in [2.45, 2.75) is 31.7 Å². The van der Waals surface area contributed by atoms with Crippen LogP contribution in [0.25, 0.3) is 11.1 Å². The van der Waals surface area contributed by atoms with Crippen molar-refractivity contribution in [2.75, 3.05) is 46.0 Å². The van der Waals surface area contributed by atoms with E-state index in [1.54, 1.807) is 29.4 Å². The maximum atomic E-state index is 14.1. The number of sulfonamides is 1. The van der Waals surface area contributed by atoms with Gasteiger partial charge in [0.2, 0.25) is 15.9 Å². The van der Waals surface area contributed by atoms with Crippen LogP contribution in [0.1, 0.15) is 30.9 Å². The predicted molar refractivity (Wildman–Crippen MR) is 162 cm³/mol. The summed E-state index contributed by atoms with van der Waals surface area (Å²) in [6.07, 6.45) is 6.10. The van der Waals surface area contributed by atoms with Crippen LogP contribution in [0.5, 0.6) is 0 Å². The third kappa shape index (κ3) is 7.42. The second-order valence-electron chi connectivity index (χ2n) is 10.7. The molecule has 1 amide bonds. The van der Waals surface area contributed by atoms with Gasteiger partial charge in [0.05, 0.1) is 21.7 Å². The van der Waals surface area contributed by atoms with Gasteiger partial charge in [0, 0.05) is 45.6 Å². The van der Waals surface area contributed by atoms with Gasteiger partial charge in [-0.2, -0.15) is 0 Å². The van der Waals surface area contributed by atoms with Crippen molar-refractivity contribution in [1.82, 2.24) is 19.1 Å². The minimum Gasteiger partial charge on any atom is -0.341 e. The second kappa shape index (κ2) is 13.0. The van der Waals surface area contributed by atoms with Gasteiger partial charge >= 0.3 is 0 Å². The number of benzene rings is 2. The van der Waals surface area contributed by atoms with Gasteiger partial charge in [-0.25, -0.2) is 12.7 Å². The van der Waals surface area contributed by atoms with Gasteiger partial charge in [0.25, 0.3) is 0 Å². The molecule has 10 heteroatoms. The number of hydrogen-bond acceptors (Lipinski definition) is 5. The number of carbonyl (C=O) groups excluding carboxylic acids is 1. The van der Waals surface area contributed by atoms with Crippen LogP contribution < -0.4 is 0 Å². The molecule has 1 aliphatic rings. The van der Waals surface area contributed by atoms with Crippen LogP contribution in [0, 0.1) is 0 Å². The molecule has 7 nitrogen and oxygen atoms in total. The molecule has 1 atom stereocenters. The largest absolute Gasteiger partial charge is 0.341 e. The third-order valence-corrected chi connectivity index (χ3v) is 9.75. The van der Waals surface area contributed by atoms with E-state index < -0.39 is 15.4 Å². The fraction of sp³-hybridized carbons (Fsp3) is 0.400. The van der Waals surface area contributed by atoms with Crippen LogP contribution >= 0.6 is 23.2 Å². The summed E-state index contributed by atoms with van der Waals surface area (Å²) >= 11 is 12.6. The molecule has 1 aromatic heterocycles. The maximum Gasteiger partial charge on any atom is 0.233 e. The molecule has 1 unspecified atom stereocenters. The maximum absolute atomic E-state index is 14.1. The van der Waals surface area contributed by atoms with E-state index in [-0.39, 0.29) is 5.91 Å². The topological polar surface area (TPSA) is 73.8 Å². The molecule has 0 saturated carbocycles. The molecule has 4 rings (SSSR count). The van der Waals surface area contributed by atoms with Crippen molar-refractivity contribution in [2.24, 2.45) is 0 Å². The summed E-state index contributed by atoms with van der Waals surface area (Å²) in [7, 11) is -1.40. The second-order valence-corrected chi connectivity index (χ2v) is 13.5. The van der Waals surface area contributed by atoms with Crippen LogP contribution in [0.2, 0.25) is 10.0 Å². The van der Waals surface area contributed by atoms with Crippen LogP contribution in [0.3, 0.4) is 0 Å². The zero-order valence-corrected chi connectivity index (χ0v) is 25.5. The fourth-order valence-corrected chi connectivity index (χ4v) is 6.38. The number of likely N-dealkylation sites (N-methyl/N-ethyl adjacent to an activating group) is 1. The van der Waals surface area contributed by atoms with Gasteiger partial charge in [0.15, 0.2) is 0 Å². The van der Waals surface area contributed by atoms with Crippen LogP contribution in [0.15, 0.2) is 67.0 Å². The van der Waals surface area contributed by atoms with E-state index in [4.69, 9.17) is 23.2 Å². The van der Waals surface area contributed by atoms with E-state index >= 15 is 0 Å². The van der Waals surface area contributed by atoms with Gasteiger partial charge < -0.3 is 9.80 Å². The van der Waals surface area contributed by atoms with Crippen LogP contribution in [-0.2, 0) is 26.8 Å². The lowest BCUT2D eigenvalue weighted by Crippen LogP contribution is -2.45. The lowest BCUT2D eigenvalue weighted by molar-refractivity contribution is -0.136. The quantitative estimate of drug-likeness (QED) is 0.331. The highest BCUT2D eigenvalue weighted by atomic mass is 35.5. The fourth-order valence-electron chi connectivity index (χ4n) is 5.21. The first-order valence-corrected chi connectivity index (χ1v) is 16.0. The molecule has 2 aromatic carbocycles. The van der Waals surface area contributed by atoms with E-state index in [0.717, 1.165) is 35.2 Å². The number of nitrogens with zero attached hydrogens (tertiary/aromatic N) is 4. The van der Waals surface area contributed by atoms with Crippen LogP contribution in [0.4, 0.5) is 0 Å². The lowest BCUT2D eigenvalue weighted by atomic mass is 9.77. The number of hydrogen-bond donors (Lipinski definition) is 0. The first kappa shape index (κ1) is 30.5. The SMILES string of the molecule is CN(Cc1ccc(-c2ccncc2)cc1)C(=O)C(C)(CCN1CCCN(S(C)(=O)=O)CC1)c1ccc(Cl)c(Cl)c1. The Labute approximate surface area is 247 Å². The number of aromatic nitrogens is 1. The highest BCUT2D eigenvalue weighted by Gasteiger charge is 2.38. The Kier molecular flexibility index (Phi) is 9.90. The first-order chi connectivity index (χ1) is 19.0. The van der Waals surface area contributed by atoms with Crippen LogP contribution in [-0.4, -0.2) is 79.4 Å². The predicted octanol–water partition coefficient (Wildman–Crippen LogP) is 5.33. The number of pyridine rings is 1. The van der Waals surface area contributed by atoms with E-state index in [2.05, 4.69) is 22.0 Å². The molecular weight excluding hydrogens is 567 g/mol. The molecule has 2 heterocycles. The van der Waals surface area contributed by atoms with E-state index in [1.165, 1.54) is 10.6 Å². The summed E-state index contributed by atoms with van der Waals surface area (Å²) in [5.74, 6) is -0.0170. The summed E-state index contributed by atoms with van der Waals surface area (Å²) in [5, 5.41) is 0.849. The van der Waals surface area contributed by atoms with Crippen molar-refractivity contribution in [3.05, 3.63) is 88.2 Å². The molecule has 40 heavy (non-hydrogen) atoms. The van der Waals surface area contributed by atoms with E-state index in [1.807, 2.05) is 44.3 Å². The normalized spacial score (nSPS) is 16.7. The van der Waals surface area contributed by atoms with Crippen molar-refractivity contribution in [3.8, 4) is 11.1 Å². The first-order valence-electron chi connectivity index (χ1n) is 13.4. The van der Waals surface area contributed by atoms with Gasteiger partial charge in [-0.3, -0.25) is 9.78 Å². The minimum atomic E-state index is -3.22. The summed E-state index contributed by atoms with van der Waals surface area (Å²) in [5.41, 5.74) is 3.15. The summed E-state index contributed by atoms with van der Waals surface area (Å²) < 4.78 is 25.6. The minimum absolute atomic E-state index is 0.0170. The highest BCUT2D eigenvalue weighted by molar-refractivity contribution is 7.88. The standard InChI is InChI=1S/C30H36Cl2N4O3S/c1-30(26-9-10-27(31)28(32)21-26,13-18-35-16-4-17-36(20-19-35)40(3,38)39)29(37)34(2)22-23-5-7-24(8-6-23)25-11-14-33-15-12-25/h5-12,14-15,21H,4,13,16-20,22H2,1-3H3. The molecule has 1 saturated heterocycles. The third-order valence-electron chi connectivity index (χ3n) is 7.71. The summed E-state index contributed by atoms with van der Waals surface area (Å²) in [4.78, 5) is 22.2. The molecule has 0 bridgehead atoms. The molecule has 3 aromatic rings. The van der Waals surface area contributed by atoms with Crippen molar-refractivity contribution in [1.29, 1.82) is 0 Å². The monoisotopic (exact) mass is 602 g/mol. The van der Waals surface area contributed by atoms with Crippen molar-refractivity contribution < 1.29 is 13.2 Å². The number of amides is 1. The van der Waals surface area contributed by atoms with Gasteiger partial charge in [0.1, 0.15) is 0 Å². The summed E-state index contributed by atoms with van der Waals surface area (Å²) in [6, 6.07) is 17.5. The molecule has 0 radical (unpaired) electrons. The van der Waals surface area contributed by atoms with Gasteiger partial charge in [-0.05, 0) is 79.4 Å². The molecular formula is C30H36Cl2N4O3S. The van der Waals surface area contributed by atoms with Gasteiger partial charge in [-0.15, -0.1) is 0 Å².